The monoisotopic (exact) mass is 352 g/mol. The van der Waals surface area contributed by atoms with Crippen molar-refractivity contribution in [3.8, 4) is 11.6 Å². The van der Waals surface area contributed by atoms with Crippen molar-refractivity contribution in [3.05, 3.63) is 53.7 Å². The quantitative estimate of drug-likeness (QED) is 0.674. The van der Waals surface area contributed by atoms with Crippen LogP contribution < -0.4 is 4.90 Å². The maximum atomic E-state index is 6.03. The van der Waals surface area contributed by atoms with Gasteiger partial charge in [-0.2, -0.15) is 0 Å². The van der Waals surface area contributed by atoms with Gasteiger partial charge in [-0.25, -0.2) is 9.97 Å². The highest BCUT2D eigenvalue weighted by molar-refractivity contribution is 5.47. The minimum absolute atomic E-state index is 0.664. The molecule has 0 aliphatic carbocycles. The fourth-order valence-corrected chi connectivity index (χ4v) is 3.41. The Kier molecular flexibility index (Phi) is 4.75. The maximum Gasteiger partial charge on any atom is 0.195 e. The van der Waals surface area contributed by atoms with Gasteiger partial charge in [-0.15, -0.1) is 0 Å². The van der Waals surface area contributed by atoms with E-state index in [-0.39, 0.29) is 0 Å². The molecule has 0 fully saturated rings. The molecule has 0 aromatic carbocycles. The number of fused-ring (bicyclic) bond motifs is 1. The van der Waals surface area contributed by atoms with Gasteiger partial charge in [0.05, 0.1) is 18.5 Å². The SMILES string of the molecule is CCN(CC)c1ccc(CN2CCc3nc(-c4ccco4)ncc3C2)o1. The Morgan fingerprint density at radius 3 is 2.85 bits per heavy atom. The molecule has 0 saturated carbocycles. The van der Waals surface area contributed by atoms with Crippen molar-refractivity contribution in [2.45, 2.75) is 33.4 Å². The average Bonchev–Trinajstić information content (AvgIpc) is 3.35. The number of furan rings is 2. The second-order valence-corrected chi connectivity index (χ2v) is 6.52. The van der Waals surface area contributed by atoms with Crippen LogP contribution in [0.1, 0.15) is 30.9 Å². The molecule has 3 aromatic rings. The summed E-state index contributed by atoms with van der Waals surface area (Å²) in [5.41, 5.74) is 2.30. The third-order valence-corrected chi connectivity index (χ3v) is 4.86. The van der Waals surface area contributed by atoms with Crippen molar-refractivity contribution in [2.24, 2.45) is 0 Å². The van der Waals surface area contributed by atoms with E-state index < -0.39 is 0 Å². The first-order chi connectivity index (χ1) is 12.8. The van der Waals surface area contributed by atoms with Crippen molar-refractivity contribution in [1.29, 1.82) is 0 Å². The summed E-state index contributed by atoms with van der Waals surface area (Å²) in [6.07, 6.45) is 4.49. The molecule has 0 atom stereocenters. The van der Waals surface area contributed by atoms with Gasteiger partial charge in [0.1, 0.15) is 5.76 Å². The van der Waals surface area contributed by atoms with E-state index in [1.54, 1.807) is 6.26 Å². The van der Waals surface area contributed by atoms with E-state index in [9.17, 15) is 0 Å². The first kappa shape index (κ1) is 16.8. The van der Waals surface area contributed by atoms with Gasteiger partial charge in [-0.1, -0.05) is 0 Å². The Morgan fingerprint density at radius 2 is 2.08 bits per heavy atom. The molecule has 1 aliphatic heterocycles. The molecule has 0 bridgehead atoms. The number of rotatable bonds is 6. The normalized spacial score (nSPS) is 14.4. The molecule has 0 radical (unpaired) electrons. The third kappa shape index (κ3) is 3.37. The van der Waals surface area contributed by atoms with Gasteiger partial charge in [0.25, 0.3) is 0 Å². The molecule has 0 unspecified atom stereocenters. The summed E-state index contributed by atoms with van der Waals surface area (Å²) in [7, 11) is 0. The Morgan fingerprint density at radius 1 is 1.19 bits per heavy atom. The summed E-state index contributed by atoms with van der Waals surface area (Å²) >= 11 is 0. The highest BCUT2D eigenvalue weighted by atomic mass is 16.4. The Bertz CT molecular complexity index is 853. The number of hydrogen-bond acceptors (Lipinski definition) is 6. The zero-order valence-corrected chi connectivity index (χ0v) is 15.3. The van der Waals surface area contributed by atoms with E-state index in [0.29, 0.717) is 5.82 Å². The van der Waals surface area contributed by atoms with Crippen molar-refractivity contribution < 1.29 is 8.83 Å². The lowest BCUT2D eigenvalue weighted by Crippen LogP contribution is -2.30. The van der Waals surface area contributed by atoms with Gasteiger partial charge in [0, 0.05) is 50.4 Å². The summed E-state index contributed by atoms with van der Waals surface area (Å²) in [5.74, 6) is 3.34. The maximum absolute atomic E-state index is 6.03. The van der Waals surface area contributed by atoms with Crippen molar-refractivity contribution in [1.82, 2.24) is 14.9 Å². The number of hydrogen-bond donors (Lipinski definition) is 0. The molecule has 1 aliphatic rings. The van der Waals surface area contributed by atoms with Gasteiger partial charge in [-0.3, -0.25) is 4.90 Å². The molecule has 26 heavy (non-hydrogen) atoms. The molecule has 0 amide bonds. The topological polar surface area (TPSA) is 58.5 Å². The van der Waals surface area contributed by atoms with Crippen molar-refractivity contribution >= 4 is 5.88 Å². The van der Waals surface area contributed by atoms with Crippen LogP contribution in [0.2, 0.25) is 0 Å². The first-order valence-electron chi connectivity index (χ1n) is 9.21. The first-order valence-corrected chi connectivity index (χ1v) is 9.21. The minimum atomic E-state index is 0.664. The largest absolute Gasteiger partial charge is 0.461 e. The summed E-state index contributed by atoms with van der Waals surface area (Å²) in [5, 5.41) is 0. The van der Waals surface area contributed by atoms with E-state index in [4.69, 9.17) is 8.83 Å². The van der Waals surface area contributed by atoms with Crippen LogP contribution in [0.4, 0.5) is 5.88 Å². The molecule has 136 valence electrons. The second-order valence-electron chi connectivity index (χ2n) is 6.52. The van der Waals surface area contributed by atoms with Crippen LogP contribution >= 0.6 is 0 Å². The Hall–Kier alpha value is -2.60. The lowest BCUT2D eigenvalue weighted by molar-refractivity contribution is 0.224. The van der Waals surface area contributed by atoms with E-state index in [0.717, 1.165) is 62.2 Å². The summed E-state index contributed by atoms with van der Waals surface area (Å²) in [6, 6.07) is 7.90. The highest BCUT2D eigenvalue weighted by Crippen LogP contribution is 2.24. The number of anilines is 1. The van der Waals surface area contributed by atoms with Crippen LogP contribution in [0.5, 0.6) is 0 Å². The molecule has 4 rings (SSSR count). The molecule has 6 heteroatoms. The molecule has 3 aromatic heterocycles. The zero-order valence-electron chi connectivity index (χ0n) is 15.3. The molecule has 0 saturated heterocycles. The summed E-state index contributed by atoms with van der Waals surface area (Å²) in [6.45, 7) is 8.80. The van der Waals surface area contributed by atoms with Crippen LogP contribution in [-0.4, -0.2) is 34.5 Å². The molecule has 6 nitrogen and oxygen atoms in total. The van der Waals surface area contributed by atoms with E-state index >= 15 is 0 Å². The highest BCUT2D eigenvalue weighted by Gasteiger charge is 2.20. The van der Waals surface area contributed by atoms with Gasteiger partial charge in [0.15, 0.2) is 17.5 Å². The van der Waals surface area contributed by atoms with Crippen LogP contribution in [-0.2, 0) is 19.5 Å². The lowest BCUT2D eigenvalue weighted by atomic mass is 10.1. The minimum Gasteiger partial charge on any atom is -0.461 e. The molecule has 0 N–H and O–H groups in total. The van der Waals surface area contributed by atoms with E-state index in [1.807, 2.05) is 18.3 Å². The van der Waals surface area contributed by atoms with Gasteiger partial charge < -0.3 is 13.7 Å². The van der Waals surface area contributed by atoms with Crippen LogP contribution in [0.25, 0.3) is 11.6 Å². The van der Waals surface area contributed by atoms with Gasteiger partial charge in [0.2, 0.25) is 0 Å². The summed E-state index contributed by atoms with van der Waals surface area (Å²) in [4.78, 5) is 13.7. The van der Waals surface area contributed by atoms with Crippen LogP contribution in [0.3, 0.4) is 0 Å². The molecule has 0 spiro atoms. The van der Waals surface area contributed by atoms with Crippen molar-refractivity contribution in [3.63, 3.8) is 0 Å². The second kappa shape index (κ2) is 7.33. The van der Waals surface area contributed by atoms with Crippen LogP contribution in [0, 0.1) is 0 Å². The molecular formula is C20H24N4O2. The fraction of sp³-hybridized carbons (Fsp3) is 0.400. The third-order valence-electron chi connectivity index (χ3n) is 4.86. The zero-order chi connectivity index (χ0) is 17.9. The van der Waals surface area contributed by atoms with E-state index in [2.05, 4.69) is 45.7 Å². The predicted octanol–water partition coefficient (Wildman–Crippen LogP) is 3.73. The standard InChI is InChI=1S/C20H24N4O2/c1-3-24(4-2)19-8-7-16(26-19)14-23-10-9-17-15(13-23)12-21-20(22-17)18-6-5-11-25-18/h5-8,11-12H,3-4,9-10,13-14H2,1-2H3. The molecule has 4 heterocycles. The number of nitrogens with zero attached hydrogens (tertiary/aromatic N) is 4. The van der Waals surface area contributed by atoms with Gasteiger partial charge in [-0.05, 0) is 32.0 Å². The Labute approximate surface area is 153 Å². The van der Waals surface area contributed by atoms with Crippen LogP contribution in [0.15, 0.2) is 45.6 Å². The average molecular weight is 352 g/mol. The fourth-order valence-electron chi connectivity index (χ4n) is 3.41. The lowest BCUT2D eigenvalue weighted by Gasteiger charge is -2.27. The summed E-state index contributed by atoms with van der Waals surface area (Å²) < 4.78 is 11.4. The number of aromatic nitrogens is 2. The van der Waals surface area contributed by atoms with Crippen molar-refractivity contribution in [2.75, 3.05) is 24.5 Å². The Balaban J connectivity index is 1.44. The van der Waals surface area contributed by atoms with Gasteiger partial charge >= 0.3 is 0 Å². The molecular weight excluding hydrogens is 328 g/mol. The van der Waals surface area contributed by atoms with E-state index in [1.165, 1.54) is 5.56 Å². The predicted molar refractivity (Wildman–Crippen MR) is 99.8 cm³/mol. The smallest absolute Gasteiger partial charge is 0.195 e.